The maximum Gasteiger partial charge on any atom is 0.331 e. The van der Waals surface area contributed by atoms with Crippen molar-refractivity contribution in [1.82, 2.24) is 0 Å². The molecule has 9 heteroatoms. The Bertz CT molecular complexity index is 1830. The summed E-state index contributed by atoms with van der Waals surface area (Å²) in [5.41, 5.74) is 7.16. The summed E-state index contributed by atoms with van der Waals surface area (Å²) in [7, 11) is 4.64. The van der Waals surface area contributed by atoms with Crippen LogP contribution in [-0.2, 0) is 19.1 Å². The van der Waals surface area contributed by atoms with Gasteiger partial charge in [0.1, 0.15) is 6.10 Å². The van der Waals surface area contributed by atoms with Gasteiger partial charge in [-0.1, -0.05) is 55.4 Å². The van der Waals surface area contributed by atoms with Crippen LogP contribution in [0.1, 0.15) is 82.6 Å². The van der Waals surface area contributed by atoms with E-state index in [0.717, 1.165) is 34.3 Å². The number of allylic oxidation sites excluding steroid dienone is 9. The van der Waals surface area contributed by atoms with E-state index in [0.29, 0.717) is 28.7 Å². The first-order valence-electron chi connectivity index (χ1n) is 17.5. The Kier molecular flexibility index (Phi) is 10.4. The molecule has 2 aliphatic heterocycles. The summed E-state index contributed by atoms with van der Waals surface area (Å²) in [5.74, 6) is -0.00596. The molecule has 0 saturated carbocycles. The Morgan fingerprint density at radius 1 is 0.902 bits per heavy atom. The molecule has 0 aromatic heterocycles. The van der Waals surface area contributed by atoms with E-state index in [4.69, 9.17) is 33.2 Å². The predicted octanol–water partition coefficient (Wildman–Crippen LogP) is 8.49. The summed E-state index contributed by atoms with van der Waals surface area (Å²) in [6.07, 6.45) is 14.5. The molecule has 2 heterocycles. The zero-order valence-electron chi connectivity index (χ0n) is 30.8. The molecule has 1 saturated heterocycles. The largest absolute Gasteiger partial charge is 0.493 e. The van der Waals surface area contributed by atoms with Crippen molar-refractivity contribution in [1.29, 1.82) is 0 Å². The molecule has 4 atom stereocenters. The van der Waals surface area contributed by atoms with Gasteiger partial charge in [0.15, 0.2) is 23.0 Å². The first kappa shape index (κ1) is 35.9. The Morgan fingerprint density at radius 3 is 2.24 bits per heavy atom. The van der Waals surface area contributed by atoms with Crippen LogP contribution < -0.4 is 23.7 Å². The van der Waals surface area contributed by atoms with Crippen LogP contribution in [-0.4, -0.2) is 46.7 Å². The SMILES string of the molecule is COc1cc([C@@H]2c3cc4c(cc3[C@H](OC(=O)/C=C(C)/C=C/C=C(C)/C=C/C3=C(C)CCCC3(C)C)[C@H]3COC(=O)[C@H]23)OCO4)cc(OC)c1OC. The Balaban J connectivity index is 1.28. The summed E-state index contributed by atoms with van der Waals surface area (Å²) in [6.45, 7) is 11.0. The third-order valence-corrected chi connectivity index (χ3v) is 10.5. The van der Waals surface area contributed by atoms with Gasteiger partial charge in [-0.2, -0.15) is 0 Å². The summed E-state index contributed by atoms with van der Waals surface area (Å²) >= 11 is 0. The third-order valence-electron chi connectivity index (χ3n) is 10.5. The molecule has 0 unspecified atom stereocenters. The van der Waals surface area contributed by atoms with Crippen molar-refractivity contribution >= 4 is 11.9 Å². The van der Waals surface area contributed by atoms with E-state index in [1.165, 1.54) is 30.1 Å². The summed E-state index contributed by atoms with van der Waals surface area (Å²) < 4.78 is 40.2. The van der Waals surface area contributed by atoms with Gasteiger partial charge in [0, 0.05) is 23.5 Å². The molecule has 0 N–H and O–H groups in total. The third kappa shape index (κ3) is 7.16. The van der Waals surface area contributed by atoms with Gasteiger partial charge in [0.2, 0.25) is 12.5 Å². The van der Waals surface area contributed by atoms with Crippen LogP contribution in [0.5, 0.6) is 28.7 Å². The van der Waals surface area contributed by atoms with Gasteiger partial charge in [-0.3, -0.25) is 4.79 Å². The zero-order valence-corrected chi connectivity index (χ0v) is 30.8. The minimum Gasteiger partial charge on any atom is -0.493 e. The van der Waals surface area contributed by atoms with Gasteiger partial charge >= 0.3 is 11.9 Å². The molecule has 2 aliphatic carbocycles. The van der Waals surface area contributed by atoms with E-state index in [1.807, 2.05) is 49.4 Å². The molecule has 2 aromatic rings. The fourth-order valence-electron chi connectivity index (χ4n) is 7.97. The van der Waals surface area contributed by atoms with Crippen molar-refractivity contribution < 1.29 is 42.7 Å². The van der Waals surface area contributed by atoms with Crippen LogP contribution in [0.2, 0.25) is 0 Å². The highest BCUT2D eigenvalue weighted by molar-refractivity contribution is 5.84. The topological polar surface area (TPSA) is 98.8 Å². The molecule has 0 bridgehead atoms. The van der Waals surface area contributed by atoms with Crippen LogP contribution in [0.15, 0.2) is 83.0 Å². The second-order valence-corrected chi connectivity index (χ2v) is 14.4. The smallest absolute Gasteiger partial charge is 0.331 e. The average Bonchev–Trinajstić information content (AvgIpc) is 3.72. The number of methoxy groups -OCH3 is 3. The Morgan fingerprint density at radius 2 is 1.59 bits per heavy atom. The molecule has 270 valence electrons. The summed E-state index contributed by atoms with van der Waals surface area (Å²) in [6, 6.07) is 7.40. The molecule has 0 spiro atoms. The normalized spacial score (nSPS) is 24.0. The molecule has 0 amide bonds. The van der Waals surface area contributed by atoms with Crippen LogP contribution in [0.3, 0.4) is 0 Å². The number of hydrogen-bond donors (Lipinski definition) is 0. The molecule has 2 aromatic carbocycles. The van der Waals surface area contributed by atoms with Crippen molar-refractivity contribution in [3.8, 4) is 28.7 Å². The minimum absolute atomic E-state index is 0.0693. The lowest BCUT2D eigenvalue weighted by Gasteiger charge is -2.38. The fraction of sp³-hybridized carbons (Fsp3) is 0.429. The van der Waals surface area contributed by atoms with E-state index in [9.17, 15) is 9.59 Å². The van der Waals surface area contributed by atoms with Crippen molar-refractivity contribution in [3.63, 3.8) is 0 Å². The average molecular weight is 697 g/mol. The van der Waals surface area contributed by atoms with E-state index < -0.39 is 29.8 Å². The van der Waals surface area contributed by atoms with Crippen LogP contribution in [0.25, 0.3) is 0 Å². The molecule has 6 rings (SSSR count). The fourth-order valence-corrected chi connectivity index (χ4v) is 7.97. The van der Waals surface area contributed by atoms with Gasteiger partial charge in [0.05, 0.1) is 33.9 Å². The number of rotatable bonds is 10. The minimum atomic E-state index is -0.765. The molecule has 51 heavy (non-hydrogen) atoms. The highest BCUT2D eigenvalue weighted by atomic mass is 16.7. The van der Waals surface area contributed by atoms with E-state index in [2.05, 4.69) is 39.8 Å². The van der Waals surface area contributed by atoms with Gasteiger partial charge in [-0.25, -0.2) is 4.79 Å². The highest BCUT2D eigenvalue weighted by Gasteiger charge is 2.54. The number of carbonyl (C=O) groups is 2. The number of fused-ring (bicyclic) bond motifs is 3. The maximum absolute atomic E-state index is 13.5. The van der Waals surface area contributed by atoms with E-state index >= 15 is 0 Å². The number of ether oxygens (including phenoxy) is 7. The number of hydrogen-bond acceptors (Lipinski definition) is 9. The van der Waals surface area contributed by atoms with Crippen LogP contribution in [0.4, 0.5) is 0 Å². The molecular weight excluding hydrogens is 648 g/mol. The van der Waals surface area contributed by atoms with Crippen molar-refractivity contribution in [3.05, 3.63) is 99.7 Å². The highest BCUT2D eigenvalue weighted by Crippen LogP contribution is 2.56. The van der Waals surface area contributed by atoms with Gasteiger partial charge in [-0.15, -0.1) is 0 Å². The number of esters is 2. The quantitative estimate of drug-likeness (QED) is 0.138. The van der Waals surface area contributed by atoms with Crippen LogP contribution >= 0.6 is 0 Å². The molecular formula is C42H48O9. The maximum atomic E-state index is 13.5. The van der Waals surface area contributed by atoms with E-state index in [1.54, 1.807) is 21.3 Å². The Labute approximate surface area is 300 Å². The molecule has 1 fully saturated rings. The molecule has 0 radical (unpaired) electrons. The van der Waals surface area contributed by atoms with Crippen molar-refractivity contribution in [2.75, 3.05) is 34.7 Å². The number of cyclic esters (lactones) is 1. The van der Waals surface area contributed by atoms with Crippen LogP contribution in [0, 0.1) is 17.3 Å². The lowest BCUT2D eigenvalue weighted by atomic mass is 9.66. The second kappa shape index (κ2) is 14.7. The first-order chi connectivity index (χ1) is 24.4. The summed E-state index contributed by atoms with van der Waals surface area (Å²) in [4.78, 5) is 27.0. The number of carbonyl (C=O) groups excluding carboxylic acids is 2. The second-order valence-electron chi connectivity index (χ2n) is 14.4. The van der Waals surface area contributed by atoms with Gasteiger partial charge in [-0.05, 0) is 92.0 Å². The lowest BCUT2D eigenvalue weighted by molar-refractivity contribution is -0.149. The first-order valence-corrected chi connectivity index (χ1v) is 17.5. The van der Waals surface area contributed by atoms with Gasteiger partial charge in [0.25, 0.3) is 0 Å². The Hall–Kier alpha value is -4.92. The standard InChI is InChI=1S/C42H48O9/c1-24(14-15-31-26(3)13-10-16-42(31,4)5)11-9-12-25(2)17-36(43)51-39-29-21-33-32(49-23-50-33)20-28(29)37(38-30(39)22-48-41(38)44)27-18-34(45-6)40(47-8)35(19-27)46-7/h9,11-12,14-15,17-21,30,37-39H,10,13,16,22-23H2,1-8H3/b12-9+,15-14+,24-11+,25-17+/t30-,37+,38-,39-/m0/s1. The molecule has 9 nitrogen and oxygen atoms in total. The predicted molar refractivity (Wildman–Crippen MR) is 193 cm³/mol. The summed E-state index contributed by atoms with van der Waals surface area (Å²) in [5, 5.41) is 0. The monoisotopic (exact) mass is 696 g/mol. The lowest BCUT2D eigenvalue weighted by Crippen LogP contribution is -2.36. The van der Waals surface area contributed by atoms with Gasteiger partial charge < -0.3 is 33.2 Å². The van der Waals surface area contributed by atoms with E-state index in [-0.39, 0.29) is 24.8 Å². The van der Waals surface area contributed by atoms with Crippen molar-refractivity contribution in [2.24, 2.45) is 17.3 Å². The number of benzene rings is 2. The zero-order chi connectivity index (χ0) is 36.4. The molecule has 4 aliphatic rings. The van der Waals surface area contributed by atoms with Crippen molar-refractivity contribution in [2.45, 2.75) is 65.9 Å².